The van der Waals surface area contributed by atoms with E-state index < -0.39 is 17.2 Å². The van der Waals surface area contributed by atoms with Crippen LogP contribution in [0, 0.1) is 11.6 Å². The van der Waals surface area contributed by atoms with Crippen molar-refractivity contribution in [2.45, 2.75) is 31.5 Å². The number of piperidine rings is 1. The van der Waals surface area contributed by atoms with Crippen LogP contribution in [0.5, 0.6) is 5.75 Å². The summed E-state index contributed by atoms with van der Waals surface area (Å²) in [7, 11) is 1.50. The number of benzene rings is 1. The van der Waals surface area contributed by atoms with Gasteiger partial charge in [0.05, 0.1) is 42.2 Å². The number of ether oxygens (including phenoxy) is 3. The monoisotopic (exact) mass is 437 g/mol. The molecule has 0 amide bonds. The first kappa shape index (κ1) is 21.7. The van der Waals surface area contributed by atoms with Crippen molar-refractivity contribution in [3.63, 3.8) is 0 Å². The van der Waals surface area contributed by atoms with Gasteiger partial charge in [-0.2, -0.15) is 0 Å². The van der Waals surface area contributed by atoms with E-state index in [0.717, 1.165) is 12.1 Å². The third-order valence-electron chi connectivity index (χ3n) is 5.75. The zero-order chi connectivity index (χ0) is 22.0. The molecule has 1 aromatic heterocycles. The largest absolute Gasteiger partial charge is 0.491 e. The van der Waals surface area contributed by atoms with Crippen molar-refractivity contribution in [2.24, 2.45) is 0 Å². The molecule has 31 heavy (non-hydrogen) atoms. The van der Waals surface area contributed by atoms with Crippen molar-refractivity contribution in [3.8, 4) is 5.75 Å². The maximum absolute atomic E-state index is 14.7. The number of aromatic nitrogens is 2. The maximum atomic E-state index is 14.7. The predicted molar refractivity (Wildman–Crippen MR) is 107 cm³/mol. The van der Waals surface area contributed by atoms with Crippen molar-refractivity contribution in [1.82, 2.24) is 9.97 Å². The van der Waals surface area contributed by atoms with Crippen LogP contribution in [0.4, 0.5) is 14.7 Å². The molecule has 1 aromatic carbocycles. The predicted octanol–water partition coefficient (Wildman–Crippen LogP) is 1.63. The Kier molecular flexibility index (Phi) is 6.22. The van der Waals surface area contributed by atoms with E-state index in [0.29, 0.717) is 30.2 Å². The second-order valence-corrected chi connectivity index (χ2v) is 7.74. The van der Waals surface area contributed by atoms with Crippen LogP contribution in [0.1, 0.15) is 29.7 Å². The number of methoxy groups -OCH3 is 1. The van der Waals surface area contributed by atoms with Gasteiger partial charge in [-0.25, -0.2) is 13.8 Å². The van der Waals surface area contributed by atoms with Crippen molar-refractivity contribution in [3.05, 3.63) is 50.9 Å². The molecule has 168 valence electrons. The number of halogens is 2. The molecular weight excluding hydrogens is 412 g/mol. The summed E-state index contributed by atoms with van der Waals surface area (Å²) in [5.74, 6) is -1.28. The van der Waals surface area contributed by atoms with E-state index >= 15 is 0 Å². The van der Waals surface area contributed by atoms with Gasteiger partial charge < -0.3 is 24.2 Å². The molecule has 10 heteroatoms. The summed E-state index contributed by atoms with van der Waals surface area (Å²) < 4.78 is 44.9. The number of nitrogens with zero attached hydrogens (tertiary/aromatic N) is 2. The molecule has 0 atom stereocenters. The van der Waals surface area contributed by atoms with Gasteiger partial charge in [-0.3, -0.25) is 9.78 Å². The first-order chi connectivity index (χ1) is 14.9. The molecule has 3 heterocycles. The molecule has 0 radical (unpaired) electrons. The Bertz CT molecular complexity index is 982. The highest BCUT2D eigenvalue weighted by atomic mass is 19.1. The Morgan fingerprint density at radius 1 is 1.26 bits per heavy atom. The fourth-order valence-corrected chi connectivity index (χ4v) is 4.04. The van der Waals surface area contributed by atoms with Gasteiger partial charge in [-0.1, -0.05) is 0 Å². The lowest BCUT2D eigenvalue weighted by molar-refractivity contribution is 0.00465. The second kappa shape index (κ2) is 8.89. The van der Waals surface area contributed by atoms with E-state index in [1.54, 1.807) is 0 Å². The maximum Gasteiger partial charge on any atom is 0.258 e. The van der Waals surface area contributed by atoms with Gasteiger partial charge in [0, 0.05) is 38.8 Å². The average Bonchev–Trinajstić information content (AvgIpc) is 2.74. The Morgan fingerprint density at radius 3 is 2.65 bits per heavy atom. The van der Waals surface area contributed by atoms with Crippen LogP contribution in [-0.4, -0.2) is 55.1 Å². The van der Waals surface area contributed by atoms with E-state index in [1.165, 1.54) is 7.11 Å². The summed E-state index contributed by atoms with van der Waals surface area (Å²) >= 11 is 0. The topological polar surface area (TPSA) is 96.9 Å². The number of hydrogen-bond donors (Lipinski definition) is 2. The highest BCUT2D eigenvalue weighted by Crippen LogP contribution is 2.38. The number of aromatic amines is 1. The van der Waals surface area contributed by atoms with Crippen molar-refractivity contribution in [2.75, 3.05) is 44.9 Å². The van der Waals surface area contributed by atoms with E-state index in [4.69, 9.17) is 14.2 Å². The standard InChI is InChI=1S/C21H25F2N3O5/c1-29-8-9-31-13-10-15(22)18(16(23)11-13)21(28)3-5-26(6-4-21)20-24-17-2-7-30-12-14(17)19(27)25-20/h10-11,28H,2-9,12H2,1H3,(H,24,25,27). The quantitative estimate of drug-likeness (QED) is 0.663. The van der Waals surface area contributed by atoms with Crippen LogP contribution < -0.4 is 15.2 Å². The zero-order valence-electron chi connectivity index (χ0n) is 17.2. The van der Waals surface area contributed by atoms with E-state index in [-0.39, 0.29) is 62.6 Å². The van der Waals surface area contributed by atoms with Gasteiger partial charge in [0.1, 0.15) is 24.0 Å². The highest BCUT2D eigenvalue weighted by Gasteiger charge is 2.39. The molecule has 2 aliphatic heterocycles. The van der Waals surface area contributed by atoms with Crippen LogP contribution >= 0.6 is 0 Å². The number of aliphatic hydroxyl groups is 1. The zero-order valence-corrected chi connectivity index (χ0v) is 17.2. The fraction of sp³-hybridized carbons (Fsp3) is 0.524. The van der Waals surface area contributed by atoms with Gasteiger partial charge in [0.25, 0.3) is 5.56 Å². The molecule has 0 saturated carbocycles. The van der Waals surface area contributed by atoms with Crippen molar-refractivity contribution >= 4 is 5.95 Å². The normalized spacial score (nSPS) is 18.0. The number of nitrogens with one attached hydrogen (secondary N) is 1. The van der Waals surface area contributed by atoms with Gasteiger partial charge in [-0.15, -0.1) is 0 Å². The smallest absolute Gasteiger partial charge is 0.258 e. The number of anilines is 1. The van der Waals surface area contributed by atoms with Crippen molar-refractivity contribution < 1.29 is 28.1 Å². The van der Waals surface area contributed by atoms with Gasteiger partial charge in [0.2, 0.25) is 5.95 Å². The summed E-state index contributed by atoms with van der Waals surface area (Å²) in [6, 6.07) is 2.14. The molecule has 2 aliphatic rings. The number of fused-ring (bicyclic) bond motifs is 1. The van der Waals surface area contributed by atoms with E-state index in [2.05, 4.69) is 9.97 Å². The van der Waals surface area contributed by atoms with Gasteiger partial charge >= 0.3 is 0 Å². The van der Waals surface area contributed by atoms with Crippen LogP contribution in [0.15, 0.2) is 16.9 Å². The Hall–Kier alpha value is -2.56. The molecule has 0 aliphatic carbocycles. The molecule has 2 aromatic rings. The van der Waals surface area contributed by atoms with Crippen LogP contribution in [0.3, 0.4) is 0 Å². The lowest BCUT2D eigenvalue weighted by Gasteiger charge is -2.39. The molecule has 1 saturated heterocycles. The number of rotatable bonds is 6. The number of hydrogen-bond acceptors (Lipinski definition) is 7. The van der Waals surface area contributed by atoms with Crippen molar-refractivity contribution in [1.29, 1.82) is 0 Å². The minimum Gasteiger partial charge on any atom is -0.491 e. The minimum atomic E-state index is -1.67. The van der Waals surface area contributed by atoms with Crippen LogP contribution in [0.25, 0.3) is 0 Å². The molecule has 4 rings (SSSR count). The molecule has 0 bridgehead atoms. The molecule has 0 spiro atoms. The van der Waals surface area contributed by atoms with Crippen LogP contribution in [0.2, 0.25) is 0 Å². The summed E-state index contributed by atoms with van der Waals surface area (Å²) in [6.45, 7) is 1.75. The summed E-state index contributed by atoms with van der Waals surface area (Å²) in [4.78, 5) is 21.4. The second-order valence-electron chi connectivity index (χ2n) is 7.74. The summed E-state index contributed by atoms with van der Waals surface area (Å²) in [5, 5.41) is 11.0. The van der Waals surface area contributed by atoms with E-state index in [1.807, 2.05) is 4.90 Å². The molecule has 2 N–H and O–H groups in total. The van der Waals surface area contributed by atoms with E-state index in [9.17, 15) is 18.7 Å². The lowest BCUT2D eigenvalue weighted by atomic mass is 9.83. The van der Waals surface area contributed by atoms with Gasteiger partial charge in [0.15, 0.2) is 0 Å². The van der Waals surface area contributed by atoms with Crippen LogP contribution in [-0.2, 0) is 28.1 Å². The summed E-state index contributed by atoms with van der Waals surface area (Å²) in [5.41, 5.74) is -1.05. The molecule has 1 fully saturated rings. The van der Waals surface area contributed by atoms with Gasteiger partial charge in [-0.05, 0) is 12.8 Å². The lowest BCUT2D eigenvalue weighted by Crippen LogP contribution is -2.45. The fourth-order valence-electron chi connectivity index (χ4n) is 4.04. The molecular formula is C21H25F2N3O5. The SMILES string of the molecule is COCCOc1cc(F)c(C2(O)CCN(c3nc4c(c(=O)[nH]3)COCC4)CC2)c(F)c1. The minimum absolute atomic E-state index is 0.0386. The highest BCUT2D eigenvalue weighted by molar-refractivity contribution is 5.38. The third-order valence-corrected chi connectivity index (χ3v) is 5.75. The molecule has 0 unspecified atom stereocenters. The first-order valence-electron chi connectivity index (χ1n) is 10.2. The molecule has 8 nitrogen and oxygen atoms in total. The average molecular weight is 437 g/mol. The summed E-state index contributed by atoms with van der Waals surface area (Å²) in [6.07, 6.45) is 0.711. The first-order valence-corrected chi connectivity index (χ1v) is 10.2. The Balaban J connectivity index is 1.50. The Morgan fingerprint density at radius 2 is 1.97 bits per heavy atom. The third kappa shape index (κ3) is 4.41. The Labute approximate surface area is 177 Å². The number of H-pyrrole nitrogens is 1.